The normalized spacial score (nSPS) is 14.6. The second-order valence-electron chi connectivity index (χ2n) is 5.95. The van der Waals surface area contributed by atoms with Crippen molar-refractivity contribution in [1.29, 1.82) is 0 Å². The summed E-state index contributed by atoms with van der Waals surface area (Å²) >= 11 is 5.82. The monoisotopic (exact) mass is 391 g/mol. The van der Waals surface area contributed by atoms with Gasteiger partial charge in [-0.25, -0.2) is 9.97 Å². The molecule has 1 aliphatic rings. The molecule has 1 saturated heterocycles. The number of hydrogen-bond acceptors (Lipinski definition) is 8. The molecule has 0 radical (unpaired) electrons. The van der Waals surface area contributed by atoms with Gasteiger partial charge in [-0.2, -0.15) is 0 Å². The molecule has 3 rings (SSSR count). The number of ether oxygens (including phenoxy) is 1. The molecule has 10 heteroatoms. The quantitative estimate of drug-likeness (QED) is 0.520. The number of aromatic nitrogens is 2. The molecule has 1 fully saturated rings. The second-order valence-corrected chi connectivity index (χ2v) is 6.39. The summed E-state index contributed by atoms with van der Waals surface area (Å²) in [4.78, 5) is 22.7. The predicted octanol–water partition coefficient (Wildman–Crippen LogP) is 1.21. The Bertz CT molecular complexity index is 766. The average molecular weight is 392 g/mol. The molecular weight excluding hydrogens is 370 g/mol. The highest BCUT2D eigenvalue weighted by Gasteiger charge is 2.12. The molecule has 0 saturated carbocycles. The number of benzene rings is 1. The van der Waals surface area contributed by atoms with Gasteiger partial charge in [-0.15, -0.1) is 0 Å². The number of carbonyl (C=O) groups excluding carboxylic acids is 1. The Hall–Kier alpha value is -2.62. The van der Waals surface area contributed by atoms with Crippen LogP contribution in [0.1, 0.15) is 10.4 Å². The number of nitrogens with two attached hydrogens (primary N) is 1. The molecule has 1 aromatic carbocycles. The van der Waals surface area contributed by atoms with E-state index in [1.54, 1.807) is 24.3 Å². The number of halogens is 1. The first-order valence-electron chi connectivity index (χ1n) is 8.60. The molecule has 0 bridgehead atoms. The van der Waals surface area contributed by atoms with Crippen LogP contribution in [0.4, 0.5) is 17.3 Å². The molecule has 1 amide bonds. The number of hydrogen-bond donors (Lipinski definition) is 4. The highest BCUT2D eigenvalue weighted by atomic mass is 35.5. The zero-order valence-electron chi connectivity index (χ0n) is 14.7. The Morgan fingerprint density at radius 1 is 1.19 bits per heavy atom. The van der Waals surface area contributed by atoms with Gasteiger partial charge in [0.15, 0.2) is 11.6 Å². The lowest BCUT2D eigenvalue weighted by atomic mass is 10.2. The zero-order valence-corrected chi connectivity index (χ0v) is 15.5. The van der Waals surface area contributed by atoms with E-state index in [0.29, 0.717) is 34.5 Å². The minimum absolute atomic E-state index is 0.321. The maximum absolute atomic E-state index is 12.1. The van der Waals surface area contributed by atoms with Crippen molar-refractivity contribution < 1.29 is 9.53 Å². The van der Waals surface area contributed by atoms with E-state index in [9.17, 15) is 4.79 Å². The summed E-state index contributed by atoms with van der Waals surface area (Å²) < 4.78 is 5.33. The van der Waals surface area contributed by atoms with Crippen LogP contribution in [0, 0.1) is 0 Å². The molecule has 0 spiro atoms. The van der Waals surface area contributed by atoms with Gasteiger partial charge in [-0.3, -0.25) is 20.5 Å². The van der Waals surface area contributed by atoms with Crippen molar-refractivity contribution in [1.82, 2.24) is 20.3 Å². The van der Waals surface area contributed by atoms with Gasteiger partial charge < -0.3 is 15.8 Å². The van der Waals surface area contributed by atoms with Crippen molar-refractivity contribution in [3.8, 4) is 0 Å². The number of anilines is 3. The Labute approximate surface area is 162 Å². The van der Waals surface area contributed by atoms with Crippen LogP contribution in [0.2, 0.25) is 5.02 Å². The van der Waals surface area contributed by atoms with Crippen LogP contribution in [0.3, 0.4) is 0 Å². The molecule has 1 aliphatic heterocycles. The first kappa shape index (κ1) is 19.2. The van der Waals surface area contributed by atoms with E-state index in [1.165, 1.54) is 6.33 Å². The molecule has 5 N–H and O–H groups in total. The highest BCUT2D eigenvalue weighted by Crippen LogP contribution is 2.21. The average Bonchev–Trinajstić information content (AvgIpc) is 2.69. The van der Waals surface area contributed by atoms with Crippen LogP contribution in [0.15, 0.2) is 30.6 Å². The summed E-state index contributed by atoms with van der Waals surface area (Å²) in [6, 6.07) is 6.54. The molecule has 2 aromatic rings. The van der Waals surface area contributed by atoms with Gasteiger partial charge in [-0.1, -0.05) is 11.6 Å². The Balaban J connectivity index is 1.52. The third-order valence-electron chi connectivity index (χ3n) is 4.11. The summed E-state index contributed by atoms with van der Waals surface area (Å²) in [6.07, 6.45) is 1.38. The number of morpholine rings is 1. The van der Waals surface area contributed by atoms with Crippen molar-refractivity contribution in [3.05, 3.63) is 41.2 Å². The predicted molar refractivity (Wildman–Crippen MR) is 105 cm³/mol. The fourth-order valence-corrected chi connectivity index (χ4v) is 2.71. The molecule has 1 aromatic heterocycles. The standard InChI is InChI=1S/C17H22ClN7O2/c18-13-3-1-12(2-4-13)17(26)24-23-16-14(19)15(21-11-22-16)20-5-6-25-7-9-27-10-8-25/h1-4,11H,5-10,19H2,(H,24,26)(H2,20,21,22,23). The van der Waals surface area contributed by atoms with Gasteiger partial charge >= 0.3 is 0 Å². The molecule has 27 heavy (non-hydrogen) atoms. The maximum Gasteiger partial charge on any atom is 0.269 e. The van der Waals surface area contributed by atoms with E-state index in [1.807, 2.05) is 0 Å². The van der Waals surface area contributed by atoms with Gasteiger partial charge in [0, 0.05) is 36.8 Å². The fourth-order valence-electron chi connectivity index (χ4n) is 2.58. The fraction of sp³-hybridized carbons (Fsp3) is 0.353. The van der Waals surface area contributed by atoms with E-state index >= 15 is 0 Å². The van der Waals surface area contributed by atoms with Crippen molar-refractivity contribution >= 4 is 34.8 Å². The maximum atomic E-state index is 12.1. The van der Waals surface area contributed by atoms with Crippen LogP contribution in [-0.2, 0) is 4.74 Å². The van der Waals surface area contributed by atoms with Crippen LogP contribution in [0.5, 0.6) is 0 Å². The molecule has 144 valence electrons. The zero-order chi connectivity index (χ0) is 19.1. The lowest BCUT2D eigenvalue weighted by Gasteiger charge is -2.26. The Kier molecular flexibility index (Phi) is 6.64. The second kappa shape index (κ2) is 9.36. The van der Waals surface area contributed by atoms with Gasteiger partial charge in [-0.05, 0) is 24.3 Å². The molecule has 0 unspecified atom stereocenters. The SMILES string of the molecule is Nc1c(NCCN2CCOCC2)ncnc1NNC(=O)c1ccc(Cl)cc1. The third kappa shape index (κ3) is 5.43. The molecular formula is C17H22ClN7O2. The van der Waals surface area contributed by atoms with Crippen LogP contribution in [0.25, 0.3) is 0 Å². The number of nitrogens with one attached hydrogen (secondary N) is 3. The Morgan fingerprint density at radius 2 is 1.89 bits per heavy atom. The van der Waals surface area contributed by atoms with Crippen LogP contribution < -0.4 is 21.9 Å². The van der Waals surface area contributed by atoms with Crippen molar-refractivity contribution in [2.75, 3.05) is 55.9 Å². The number of rotatable bonds is 7. The number of carbonyl (C=O) groups is 1. The van der Waals surface area contributed by atoms with Crippen molar-refractivity contribution in [2.24, 2.45) is 0 Å². The van der Waals surface area contributed by atoms with E-state index in [2.05, 4.69) is 31.0 Å². The number of hydrazine groups is 1. The summed E-state index contributed by atoms with van der Waals surface area (Å²) in [5.74, 6) is 0.509. The van der Waals surface area contributed by atoms with Gasteiger partial charge in [0.05, 0.1) is 13.2 Å². The number of amides is 1. The van der Waals surface area contributed by atoms with Crippen molar-refractivity contribution in [3.63, 3.8) is 0 Å². The molecule has 0 atom stereocenters. The van der Waals surface area contributed by atoms with Gasteiger partial charge in [0.2, 0.25) is 0 Å². The number of nitrogens with zero attached hydrogens (tertiary/aromatic N) is 3. The minimum atomic E-state index is -0.327. The Morgan fingerprint density at radius 3 is 2.63 bits per heavy atom. The minimum Gasteiger partial charge on any atom is -0.393 e. The first-order valence-corrected chi connectivity index (χ1v) is 8.97. The van der Waals surface area contributed by atoms with E-state index in [0.717, 1.165) is 32.8 Å². The largest absolute Gasteiger partial charge is 0.393 e. The highest BCUT2D eigenvalue weighted by molar-refractivity contribution is 6.30. The van der Waals surface area contributed by atoms with Gasteiger partial charge in [0.1, 0.15) is 12.0 Å². The summed E-state index contributed by atoms with van der Waals surface area (Å²) in [5.41, 5.74) is 12.2. The van der Waals surface area contributed by atoms with Crippen LogP contribution in [-0.4, -0.2) is 60.2 Å². The van der Waals surface area contributed by atoms with E-state index in [-0.39, 0.29) is 5.91 Å². The van der Waals surface area contributed by atoms with Gasteiger partial charge in [0.25, 0.3) is 5.91 Å². The topological polar surface area (TPSA) is 117 Å². The first-order chi connectivity index (χ1) is 13.1. The molecule has 9 nitrogen and oxygen atoms in total. The van der Waals surface area contributed by atoms with E-state index in [4.69, 9.17) is 22.1 Å². The molecule has 2 heterocycles. The lowest BCUT2D eigenvalue weighted by Crippen LogP contribution is -2.39. The number of nitrogen functional groups attached to an aromatic ring is 1. The van der Waals surface area contributed by atoms with Crippen LogP contribution >= 0.6 is 11.6 Å². The summed E-state index contributed by atoms with van der Waals surface area (Å²) in [5, 5.41) is 3.76. The smallest absolute Gasteiger partial charge is 0.269 e. The third-order valence-corrected chi connectivity index (χ3v) is 4.36. The van der Waals surface area contributed by atoms with Crippen molar-refractivity contribution in [2.45, 2.75) is 0 Å². The molecule has 0 aliphatic carbocycles. The lowest BCUT2D eigenvalue weighted by molar-refractivity contribution is 0.0398. The summed E-state index contributed by atoms with van der Waals surface area (Å²) in [6.45, 7) is 4.92. The summed E-state index contributed by atoms with van der Waals surface area (Å²) in [7, 11) is 0. The van der Waals surface area contributed by atoms with E-state index < -0.39 is 0 Å².